The minimum Gasteiger partial charge on any atom is -0.493 e. The molecule has 1 atom stereocenters. The summed E-state index contributed by atoms with van der Waals surface area (Å²) in [6.07, 6.45) is 4.83. The van der Waals surface area contributed by atoms with Crippen LogP contribution in [0, 0.1) is 6.92 Å². The monoisotopic (exact) mass is 444 g/mol. The van der Waals surface area contributed by atoms with E-state index in [0.29, 0.717) is 41.9 Å². The number of hydrogen-bond donors (Lipinski definition) is 0. The highest BCUT2D eigenvalue weighted by molar-refractivity contribution is 5.98. The third kappa shape index (κ3) is 3.97. The maximum Gasteiger partial charge on any atom is 0.256 e. The number of rotatable bonds is 7. The SMILES string of the molecule is CCCOc1ccccc1-c1noc(C2CCN2C(=O)c2cc(C)ccc2-n2nccn2)n1. The molecule has 2 aromatic carbocycles. The van der Waals surface area contributed by atoms with Crippen molar-refractivity contribution in [2.24, 2.45) is 0 Å². The second kappa shape index (κ2) is 8.85. The smallest absolute Gasteiger partial charge is 0.256 e. The molecule has 2 aromatic heterocycles. The number of benzene rings is 2. The Morgan fingerprint density at radius 3 is 2.76 bits per heavy atom. The van der Waals surface area contributed by atoms with Crippen LogP contribution in [0.3, 0.4) is 0 Å². The first kappa shape index (κ1) is 20.9. The van der Waals surface area contributed by atoms with E-state index in [1.165, 1.54) is 4.80 Å². The normalized spacial score (nSPS) is 15.3. The average Bonchev–Trinajstić information content (AvgIpc) is 3.50. The van der Waals surface area contributed by atoms with E-state index in [1.54, 1.807) is 17.3 Å². The second-order valence-electron chi connectivity index (χ2n) is 7.94. The van der Waals surface area contributed by atoms with Crippen LogP contribution in [0.2, 0.25) is 0 Å². The zero-order valence-electron chi connectivity index (χ0n) is 18.5. The zero-order valence-corrected chi connectivity index (χ0v) is 18.5. The molecule has 0 radical (unpaired) electrons. The highest BCUT2D eigenvalue weighted by Gasteiger charge is 2.39. The Morgan fingerprint density at radius 1 is 1.18 bits per heavy atom. The molecular weight excluding hydrogens is 420 g/mol. The number of likely N-dealkylation sites (tertiary alicyclic amines) is 1. The van der Waals surface area contributed by atoms with E-state index < -0.39 is 0 Å². The van der Waals surface area contributed by atoms with Crippen LogP contribution >= 0.6 is 0 Å². The molecular formula is C24H24N6O3. The summed E-state index contributed by atoms with van der Waals surface area (Å²) in [6.45, 7) is 5.22. The first-order chi connectivity index (χ1) is 16.2. The summed E-state index contributed by atoms with van der Waals surface area (Å²) in [6, 6.07) is 13.0. The standard InChI is InChI=1S/C24H24N6O3/c1-3-14-32-21-7-5-4-6-17(21)22-27-23(33-28-22)20-10-13-29(20)24(31)18-15-16(2)8-9-19(18)30-25-11-12-26-30/h4-9,11-12,15,20H,3,10,13-14H2,1-2H3. The van der Waals surface area contributed by atoms with Gasteiger partial charge in [0, 0.05) is 6.54 Å². The molecule has 1 fully saturated rings. The first-order valence-corrected chi connectivity index (χ1v) is 11.0. The first-order valence-electron chi connectivity index (χ1n) is 11.0. The average molecular weight is 444 g/mol. The zero-order chi connectivity index (χ0) is 22.8. The lowest BCUT2D eigenvalue weighted by molar-refractivity contribution is 0.0378. The van der Waals surface area contributed by atoms with Crippen LogP contribution < -0.4 is 4.74 Å². The van der Waals surface area contributed by atoms with E-state index in [1.807, 2.05) is 49.4 Å². The molecule has 9 nitrogen and oxygen atoms in total. The summed E-state index contributed by atoms with van der Waals surface area (Å²) in [5.41, 5.74) is 2.92. The Labute approximate surface area is 191 Å². The molecule has 9 heteroatoms. The summed E-state index contributed by atoms with van der Waals surface area (Å²) in [5, 5.41) is 12.5. The van der Waals surface area contributed by atoms with Gasteiger partial charge in [-0.15, -0.1) is 0 Å². The van der Waals surface area contributed by atoms with Crippen LogP contribution in [0.4, 0.5) is 0 Å². The van der Waals surface area contributed by atoms with Gasteiger partial charge in [-0.3, -0.25) is 4.79 Å². The van der Waals surface area contributed by atoms with Gasteiger partial charge in [0.2, 0.25) is 11.7 Å². The molecule has 5 rings (SSSR count). The molecule has 0 bridgehead atoms. The van der Waals surface area contributed by atoms with Crippen LogP contribution in [0.5, 0.6) is 5.75 Å². The van der Waals surface area contributed by atoms with Gasteiger partial charge in [0.25, 0.3) is 5.91 Å². The fraction of sp³-hybridized carbons (Fsp3) is 0.292. The van der Waals surface area contributed by atoms with Crippen molar-refractivity contribution in [2.45, 2.75) is 32.7 Å². The molecule has 1 aliphatic heterocycles. The molecule has 0 spiro atoms. The van der Waals surface area contributed by atoms with Gasteiger partial charge in [-0.05, 0) is 44.0 Å². The van der Waals surface area contributed by atoms with Crippen molar-refractivity contribution in [3.63, 3.8) is 0 Å². The summed E-state index contributed by atoms with van der Waals surface area (Å²) in [4.78, 5) is 21.3. The Bertz CT molecular complexity index is 1270. The molecule has 1 aliphatic rings. The van der Waals surface area contributed by atoms with Crippen LogP contribution in [0.25, 0.3) is 17.1 Å². The lowest BCUT2D eigenvalue weighted by Crippen LogP contribution is -2.45. The lowest BCUT2D eigenvalue weighted by Gasteiger charge is -2.38. The Balaban J connectivity index is 1.41. The maximum atomic E-state index is 13.5. The van der Waals surface area contributed by atoms with E-state index in [4.69, 9.17) is 9.26 Å². The fourth-order valence-electron chi connectivity index (χ4n) is 3.85. The number of carbonyl (C=O) groups is 1. The molecule has 3 heterocycles. The summed E-state index contributed by atoms with van der Waals surface area (Å²) in [7, 11) is 0. The van der Waals surface area contributed by atoms with Gasteiger partial charge in [-0.25, -0.2) is 0 Å². The van der Waals surface area contributed by atoms with Crippen molar-refractivity contribution in [1.82, 2.24) is 30.0 Å². The molecule has 4 aromatic rings. The van der Waals surface area contributed by atoms with Gasteiger partial charge in [-0.1, -0.05) is 35.8 Å². The number of nitrogens with zero attached hydrogens (tertiary/aromatic N) is 6. The van der Waals surface area contributed by atoms with Gasteiger partial charge in [0.15, 0.2) is 0 Å². The van der Waals surface area contributed by atoms with Gasteiger partial charge < -0.3 is 14.2 Å². The van der Waals surface area contributed by atoms with Crippen LogP contribution in [0.15, 0.2) is 59.4 Å². The van der Waals surface area contributed by atoms with Gasteiger partial charge in [-0.2, -0.15) is 20.0 Å². The van der Waals surface area contributed by atoms with Gasteiger partial charge >= 0.3 is 0 Å². The van der Waals surface area contributed by atoms with Crippen molar-refractivity contribution in [1.29, 1.82) is 0 Å². The van der Waals surface area contributed by atoms with Crippen molar-refractivity contribution in [3.8, 4) is 22.8 Å². The number of hydrogen-bond acceptors (Lipinski definition) is 7. The van der Waals surface area contributed by atoms with E-state index in [0.717, 1.165) is 24.0 Å². The van der Waals surface area contributed by atoms with Crippen LogP contribution in [-0.2, 0) is 0 Å². The summed E-state index contributed by atoms with van der Waals surface area (Å²) in [5.74, 6) is 1.47. The van der Waals surface area contributed by atoms with E-state index in [-0.39, 0.29) is 11.9 Å². The van der Waals surface area contributed by atoms with Crippen molar-refractivity contribution >= 4 is 5.91 Å². The second-order valence-corrected chi connectivity index (χ2v) is 7.94. The number of amides is 1. The Kier molecular flexibility index (Phi) is 5.60. The number of carbonyl (C=O) groups excluding carboxylic acids is 1. The minimum absolute atomic E-state index is 0.117. The van der Waals surface area contributed by atoms with Crippen LogP contribution in [0.1, 0.15) is 47.6 Å². The highest BCUT2D eigenvalue weighted by Crippen LogP contribution is 2.36. The number of ether oxygens (including phenoxy) is 1. The maximum absolute atomic E-state index is 13.5. The highest BCUT2D eigenvalue weighted by atomic mass is 16.5. The Hall–Kier alpha value is -4.01. The predicted molar refractivity (Wildman–Crippen MR) is 120 cm³/mol. The summed E-state index contributed by atoms with van der Waals surface area (Å²) >= 11 is 0. The van der Waals surface area contributed by atoms with Crippen molar-refractivity contribution < 1.29 is 14.1 Å². The van der Waals surface area contributed by atoms with Gasteiger partial charge in [0.05, 0.1) is 35.8 Å². The molecule has 168 valence electrons. The topological polar surface area (TPSA) is 99.2 Å². The largest absolute Gasteiger partial charge is 0.493 e. The van der Waals surface area contributed by atoms with Gasteiger partial charge in [0.1, 0.15) is 11.8 Å². The van der Waals surface area contributed by atoms with E-state index in [9.17, 15) is 4.79 Å². The lowest BCUT2D eigenvalue weighted by atomic mass is 9.99. The molecule has 0 N–H and O–H groups in total. The molecule has 1 amide bonds. The van der Waals surface area contributed by atoms with E-state index >= 15 is 0 Å². The summed E-state index contributed by atoms with van der Waals surface area (Å²) < 4.78 is 11.4. The third-order valence-electron chi connectivity index (χ3n) is 5.61. The number of aryl methyl sites for hydroxylation is 1. The molecule has 33 heavy (non-hydrogen) atoms. The Morgan fingerprint density at radius 2 is 2.00 bits per heavy atom. The third-order valence-corrected chi connectivity index (χ3v) is 5.61. The number of aromatic nitrogens is 5. The van der Waals surface area contributed by atoms with Crippen LogP contribution in [-0.4, -0.2) is 49.1 Å². The van der Waals surface area contributed by atoms with Crippen molar-refractivity contribution in [3.05, 3.63) is 71.9 Å². The van der Waals surface area contributed by atoms with Crippen molar-refractivity contribution in [2.75, 3.05) is 13.2 Å². The minimum atomic E-state index is -0.276. The molecule has 1 saturated heterocycles. The quantitative estimate of drug-likeness (QED) is 0.425. The fourth-order valence-corrected chi connectivity index (χ4v) is 3.85. The predicted octanol–water partition coefficient (Wildman–Crippen LogP) is 4.00. The van der Waals surface area contributed by atoms with E-state index in [2.05, 4.69) is 27.3 Å². The molecule has 1 unspecified atom stereocenters. The molecule has 0 saturated carbocycles. The molecule has 0 aliphatic carbocycles. The number of para-hydroxylation sites is 1.